The number of nitriles is 1. The summed E-state index contributed by atoms with van der Waals surface area (Å²) >= 11 is 0. The van der Waals surface area contributed by atoms with Crippen molar-refractivity contribution in [1.82, 2.24) is 5.43 Å². The van der Waals surface area contributed by atoms with Gasteiger partial charge in [-0.2, -0.15) is 5.26 Å². The fourth-order valence-corrected chi connectivity index (χ4v) is 1.51. The highest BCUT2D eigenvalue weighted by molar-refractivity contribution is 5.54. The van der Waals surface area contributed by atoms with Crippen molar-refractivity contribution >= 4 is 5.69 Å². The van der Waals surface area contributed by atoms with Crippen LogP contribution in [0.5, 0.6) is 0 Å². The molecule has 18 heavy (non-hydrogen) atoms. The van der Waals surface area contributed by atoms with Crippen molar-refractivity contribution in [2.75, 3.05) is 12.1 Å². The van der Waals surface area contributed by atoms with Crippen LogP contribution in [0.25, 0.3) is 0 Å². The highest BCUT2D eigenvalue weighted by atomic mass is 19.1. The molecule has 0 bridgehead atoms. The second-order valence-corrected chi connectivity index (χ2v) is 4.04. The molecule has 1 N–H and O–H groups in total. The Kier molecular flexibility index (Phi) is 4.40. The maximum atomic E-state index is 13.5. The molecule has 0 aromatic heterocycles. The molecule has 5 heteroatoms. The molecule has 0 aliphatic heterocycles. The predicted octanol–water partition coefficient (Wildman–Crippen LogP) is 3.09. The zero-order chi connectivity index (χ0) is 13.9. The van der Waals surface area contributed by atoms with Crippen molar-refractivity contribution in [1.29, 1.82) is 5.26 Å². The van der Waals surface area contributed by atoms with Crippen LogP contribution in [-0.2, 0) is 0 Å². The van der Waals surface area contributed by atoms with Crippen LogP contribution in [0.1, 0.15) is 26.3 Å². The lowest BCUT2D eigenvalue weighted by molar-refractivity contribution is 0.575. The van der Waals surface area contributed by atoms with E-state index >= 15 is 0 Å². The van der Waals surface area contributed by atoms with E-state index in [9.17, 15) is 8.78 Å². The normalized spacial score (nSPS) is 9.83. The van der Waals surface area contributed by atoms with E-state index < -0.39 is 17.2 Å². The zero-order valence-electron chi connectivity index (χ0n) is 10.8. The van der Waals surface area contributed by atoms with Crippen LogP contribution in [-0.4, -0.2) is 7.05 Å². The summed E-state index contributed by atoms with van der Waals surface area (Å²) in [5, 5.41) is 10.2. The highest BCUT2D eigenvalue weighted by Gasteiger charge is 2.15. The lowest BCUT2D eigenvalue weighted by Crippen LogP contribution is -2.34. The first-order valence-corrected chi connectivity index (χ1v) is 5.43. The molecule has 0 saturated heterocycles. The third-order valence-electron chi connectivity index (χ3n) is 2.68. The summed E-state index contributed by atoms with van der Waals surface area (Å²) < 4.78 is 27.1. The number of hydrogen-bond donors (Lipinski definition) is 1. The van der Waals surface area contributed by atoms with E-state index in [1.54, 1.807) is 12.1 Å². The number of anilines is 1. The van der Waals surface area contributed by atoms with Crippen molar-refractivity contribution in [2.45, 2.75) is 20.8 Å². The molecular formula is C13H15F2N3. The molecule has 1 rings (SSSR count). The van der Waals surface area contributed by atoms with Gasteiger partial charge in [-0.15, -0.1) is 0 Å². The van der Waals surface area contributed by atoms with Crippen molar-refractivity contribution in [3.8, 4) is 6.07 Å². The molecule has 0 aliphatic carbocycles. The first kappa shape index (κ1) is 14.1. The van der Waals surface area contributed by atoms with Crippen LogP contribution in [0, 0.1) is 23.0 Å². The molecule has 0 saturated carbocycles. The van der Waals surface area contributed by atoms with Crippen LogP contribution in [0.15, 0.2) is 23.4 Å². The molecule has 0 radical (unpaired) electrons. The number of hydrogen-bond acceptors (Lipinski definition) is 3. The molecule has 0 aliphatic rings. The van der Waals surface area contributed by atoms with Gasteiger partial charge < -0.3 is 0 Å². The zero-order valence-corrected chi connectivity index (χ0v) is 10.8. The molecule has 0 fully saturated rings. The van der Waals surface area contributed by atoms with Gasteiger partial charge in [-0.25, -0.2) is 14.2 Å². The number of nitrogens with zero attached hydrogens (tertiary/aromatic N) is 2. The second kappa shape index (κ2) is 5.61. The standard InChI is InChI=1S/C13H15F2N3/c1-8(2)9(3)18(17-4)10-5-12(14)11(7-16)13(15)6-10/h5-6,17H,1-4H3. The fourth-order valence-electron chi connectivity index (χ4n) is 1.51. The maximum absolute atomic E-state index is 13.5. The molecule has 0 unspecified atom stereocenters. The quantitative estimate of drug-likeness (QED) is 0.839. The summed E-state index contributed by atoms with van der Waals surface area (Å²) in [6.45, 7) is 5.63. The van der Waals surface area contributed by atoms with E-state index in [2.05, 4.69) is 5.43 Å². The Hall–Kier alpha value is -1.93. The van der Waals surface area contributed by atoms with Crippen LogP contribution >= 0.6 is 0 Å². The van der Waals surface area contributed by atoms with Crippen LogP contribution in [0.2, 0.25) is 0 Å². The summed E-state index contributed by atoms with van der Waals surface area (Å²) in [5.74, 6) is -1.73. The minimum atomic E-state index is -0.866. The van der Waals surface area contributed by atoms with Gasteiger partial charge in [0, 0.05) is 24.9 Å². The van der Waals surface area contributed by atoms with Crippen LogP contribution in [0.4, 0.5) is 14.5 Å². The maximum Gasteiger partial charge on any atom is 0.146 e. The SMILES string of the molecule is CNN(C(C)=C(C)C)c1cc(F)c(C#N)c(F)c1. The second-order valence-electron chi connectivity index (χ2n) is 4.04. The van der Waals surface area contributed by atoms with Gasteiger partial charge in [0.1, 0.15) is 23.3 Å². The minimum Gasteiger partial charge on any atom is -0.282 e. The van der Waals surface area contributed by atoms with E-state index in [1.807, 2.05) is 20.8 Å². The molecule has 96 valence electrons. The van der Waals surface area contributed by atoms with Crippen molar-refractivity contribution in [3.63, 3.8) is 0 Å². The van der Waals surface area contributed by atoms with Crippen LogP contribution in [0.3, 0.4) is 0 Å². The Labute approximate surface area is 105 Å². The molecular weight excluding hydrogens is 236 g/mol. The summed E-state index contributed by atoms with van der Waals surface area (Å²) in [6.07, 6.45) is 0. The third kappa shape index (κ3) is 2.66. The molecule has 0 spiro atoms. The first-order chi connectivity index (χ1) is 8.42. The smallest absolute Gasteiger partial charge is 0.146 e. The van der Waals surface area contributed by atoms with E-state index in [1.165, 1.54) is 6.07 Å². The van der Waals surface area contributed by atoms with E-state index in [-0.39, 0.29) is 0 Å². The summed E-state index contributed by atoms with van der Waals surface area (Å²) in [6, 6.07) is 3.76. The van der Waals surface area contributed by atoms with Crippen molar-refractivity contribution < 1.29 is 8.78 Å². The minimum absolute atomic E-state index is 0.310. The summed E-state index contributed by atoms with van der Waals surface area (Å²) in [5.41, 5.74) is 4.44. The van der Waals surface area contributed by atoms with Gasteiger partial charge in [0.05, 0.1) is 5.69 Å². The van der Waals surface area contributed by atoms with Crippen molar-refractivity contribution in [2.24, 2.45) is 0 Å². The summed E-state index contributed by atoms with van der Waals surface area (Å²) in [7, 11) is 1.65. The van der Waals surface area contributed by atoms with Gasteiger partial charge in [0.15, 0.2) is 0 Å². The van der Waals surface area contributed by atoms with E-state index in [0.29, 0.717) is 5.69 Å². The topological polar surface area (TPSA) is 39.1 Å². The average molecular weight is 251 g/mol. The highest BCUT2D eigenvalue weighted by Crippen LogP contribution is 2.24. The lowest BCUT2D eigenvalue weighted by Gasteiger charge is -2.25. The Balaban J connectivity index is 3.34. The first-order valence-electron chi connectivity index (χ1n) is 5.43. The predicted molar refractivity (Wildman–Crippen MR) is 66.7 cm³/mol. The Morgan fingerprint density at radius 2 is 1.72 bits per heavy atom. The lowest BCUT2D eigenvalue weighted by atomic mass is 10.1. The van der Waals surface area contributed by atoms with Gasteiger partial charge >= 0.3 is 0 Å². The van der Waals surface area contributed by atoms with Crippen molar-refractivity contribution in [3.05, 3.63) is 40.6 Å². The Morgan fingerprint density at radius 3 is 2.06 bits per heavy atom. The van der Waals surface area contributed by atoms with Crippen LogP contribution < -0.4 is 10.4 Å². The monoisotopic (exact) mass is 251 g/mol. The Bertz CT molecular complexity index is 503. The van der Waals surface area contributed by atoms with Gasteiger partial charge in [-0.1, -0.05) is 5.57 Å². The molecule has 0 heterocycles. The number of rotatable bonds is 3. The molecule has 3 nitrogen and oxygen atoms in total. The van der Waals surface area contributed by atoms with Gasteiger partial charge in [-0.3, -0.25) is 5.01 Å². The van der Waals surface area contributed by atoms with Gasteiger partial charge in [0.2, 0.25) is 0 Å². The fraction of sp³-hybridized carbons (Fsp3) is 0.308. The largest absolute Gasteiger partial charge is 0.282 e. The van der Waals surface area contributed by atoms with E-state index in [4.69, 9.17) is 5.26 Å². The molecule has 0 amide bonds. The number of nitrogens with one attached hydrogen (secondary N) is 1. The number of benzene rings is 1. The Morgan fingerprint density at radius 1 is 1.22 bits per heavy atom. The molecule has 0 atom stereocenters. The van der Waals surface area contributed by atoms with E-state index in [0.717, 1.165) is 23.4 Å². The third-order valence-corrected chi connectivity index (χ3v) is 2.68. The number of halogens is 2. The molecule has 1 aromatic rings. The van der Waals surface area contributed by atoms with Gasteiger partial charge in [-0.05, 0) is 20.8 Å². The number of hydrazine groups is 1. The van der Waals surface area contributed by atoms with Gasteiger partial charge in [0.25, 0.3) is 0 Å². The number of allylic oxidation sites excluding steroid dienone is 2. The average Bonchev–Trinajstić information content (AvgIpc) is 2.29. The molecule has 1 aromatic carbocycles. The summed E-state index contributed by atoms with van der Waals surface area (Å²) in [4.78, 5) is 0.